The molecule has 9 heteroatoms. The quantitative estimate of drug-likeness (QED) is 0.490. The number of hydrogen-bond acceptors (Lipinski definition) is 7. The highest BCUT2D eigenvalue weighted by Gasteiger charge is 2.17. The van der Waals surface area contributed by atoms with Crippen LogP contribution in [0.3, 0.4) is 0 Å². The summed E-state index contributed by atoms with van der Waals surface area (Å²) in [4.78, 5) is 22.5. The van der Waals surface area contributed by atoms with Crippen molar-refractivity contribution in [1.29, 1.82) is 0 Å². The third-order valence-corrected chi connectivity index (χ3v) is 3.91. The monoisotopic (exact) mass is 390 g/mol. The molecule has 2 aromatic carbocycles. The Labute approximate surface area is 162 Å². The van der Waals surface area contributed by atoms with Crippen molar-refractivity contribution < 1.29 is 28.7 Å². The first-order valence-electron chi connectivity index (χ1n) is 8.41. The molecule has 0 heterocycles. The fourth-order valence-electron chi connectivity index (χ4n) is 2.47. The molecule has 2 rings (SSSR count). The van der Waals surface area contributed by atoms with Crippen molar-refractivity contribution in [3.8, 4) is 23.0 Å². The second kappa shape index (κ2) is 10.0. The second-order valence-corrected chi connectivity index (χ2v) is 5.67. The minimum atomic E-state index is -0.590. The van der Waals surface area contributed by atoms with E-state index < -0.39 is 4.92 Å². The highest BCUT2D eigenvalue weighted by molar-refractivity contribution is 5.77. The Morgan fingerprint density at radius 3 is 2.36 bits per heavy atom. The van der Waals surface area contributed by atoms with Crippen molar-refractivity contribution >= 4 is 11.6 Å². The molecule has 0 spiro atoms. The number of nitro groups is 1. The SMILES string of the molecule is COc1ccc(OCC(=O)NCCc2ccc(OC)c(OC)c2)c([N+](=O)[O-])c1. The first-order valence-corrected chi connectivity index (χ1v) is 8.41. The van der Waals surface area contributed by atoms with Gasteiger partial charge in [0.05, 0.1) is 32.3 Å². The molecule has 0 atom stereocenters. The zero-order chi connectivity index (χ0) is 20.5. The molecule has 0 unspecified atom stereocenters. The van der Waals surface area contributed by atoms with E-state index >= 15 is 0 Å². The minimum Gasteiger partial charge on any atom is -0.496 e. The number of nitrogens with zero attached hydrogens (tertiary/aromatic N) is 1. The lowest BCUT2D eigenvalue weighted by molar-refractivity contribution is -0.385. The van der Waals surface area contributed by atoms with Gasteiger partial charge in [-0.3, -0.25) is 14.9 Å². The molecular formula is C19H22N2O7. The Bertz CT molecular complexity index is 839. The molecule has 0 bridgehead atoms. The lowest BCUT2D eigenvalue weighted by Crippen LogP contribution is -2.30. The molecule has 0 saturated heterocycles. The van der Waals surface area contributed by atoms with Gasteiger partial charge in [-0.25, -0.2) is 0 Å². The van der Waals surface area contributed by atoms with Gasteiger partial charge in [-0.2, -0.15) is 0 Å². The molecule has 1 N–H and O–H groups in total. The standard InChI is InChI=1S/C19H22N2O7/c1-25-14-5-7-16(15(11-14)21(23)24)28-12-19(22)20-9-8-13-4-6-17(26-2)18(10-13)27-3/h4-7,10-11H,8-9,12H2,1-3H3,(H,20,22). The predicted molar refractivity (Wildman–Crippen MR) is 101 cm³/mol. The lowest BCUT2D eigenvalue weighted by atomic mass is 10.1. The van der Waals surface area contributed by atoms with Gasteiger partial charge >= 0.3 is 5.69 Å². The molecule has 0 aliphatic heterocycles. The van der Waals surface area contributed by atoms with Crippen molar-refractivity contribution in [3.63, 3.8) is 0 Å². The van der Waals surface area contributed by atoms with E-state index in [9.17, 15) is 14.9 Å². The lowest BCUT2D eigenvalue weighted by Gasteiger charge is -2.11. The molecule has 0 radical (unpaired) electrons. The zero-order valence-corrected chi connectivity index (χ0v) is 15.9. The fourth-order valence-corrected chi connectivity index (χ4v) is 2.47. The number of carbonyl (C=O) groups excluding carboxylic acids is 1. The van der Waals surface area contributed by atoms with E-state index in [1.807, 2.05) is 12.1 Å². The Kier molecular flexibility index (Phi) is 7.44. The summed E-state index contributed by atoms with van der Waals surface area (Å²) in [6.45, 7) is 0.0431. The molecule has 0 aliphatic carbocycles. The largest absolute Gasteiger partial charge is 0.496 e. The van der Waals surface area contributed by atoms with Crippen LogP contribution in [0.1, 0.15) is 5.56 Å². The van der Waals surface area contributed by atoms with Gasteiger partial charge in [0.2, 0.25) is 0 Å². The van der Waals surface area contributed by atoms with Crippen LogP contribution in [0.15, 0.2) is 36.4 Å². The van der Waals surface area contributed by atoms with Crippen LogP contribution in [0.25, 0.3) is 0 Å². The first-order chi connectivity index (χ1) is 13.5. The number of carbonyl (C=O) groups is 1. The van der Waals surface area contributed by atoms with Gasteiger partial charge in [-0.1, -0.05) is 6.07 Å². The number of hydrogen-bond donors (Lipinski definition) is 1. The van der Waals surface area contributed by atoms with Crippen LogP contribution in [0, 0.1) is 10.1 Å². The second-order valence-electron chi connectivity index (χ2n) is 5.67. The van der Waals surface area contributed by atoms with Crippen molar-refractivity contribution in [2.24, 2.45) is 0 Å². The van der Waals surface area contributed by atoms with Gasteiger partial charge < -0.3 is 24.3 Å². The van der Waals surface area contributed by atoms with E-state index in [0.717, 1.165) is 5.56 Å². The molecule has 0 fully saturated rings. The maximum absolute atomic E-state index is 12.0. The molecule has 150 valence electrons. The molecule has 2 aromatic rings. The Morgan fingerprint density at radius 1 is 1.00 bits per heavy atom. The number of amides is 1. The number of ether oxygens (including phenoxy) is 4. The maximum atomic E-state index is 12.0. The summed E-state index contributed by atoms with van der Waals surface area (Å²) in [6, 6.07) is 9.67. The normalized spacial score (nSPS) is 10.1. The van der Waals surface area contributed by atoms with Gasteiger partial charge in [-0.15, -0.1) is 0 Å². The number of nitrogens with one attached hydrogen (secondary N) is 1. The van der Waals surface area contributed by atoms with E-state index in [1.54, 1.807) is 20.3 Å². The highest BCUT2D eigenvalue weighted by Crippen LogP contribution is 2.31. The van der Waals surface area contributed by atoms with Crippen LogP contribution in [-0.4, -0.2) is 45.3 Å². The van der Waals surface area contributed by atoms with E-state index in [4.69, 9.17) is 18.9 Å². The molecular weight excluding hydrogens is 368 g/mol. The van der Waals surface area contributed by atoms with Crippen molar-refractivity contribution in [1.82, 2.24) is 5.32 Å². The Morgan fingerprint density at radius 2 is 1.71 bits per heavy atom. The predicted octanol–water partition coefficient (Wildman–Crippen LogP) is 2.36. The summed E-state index contributed by atoms with van der Waals surface area (Å²) in [5, 5.41) is 13.8. The third kappa shape index (κ3) is 5.50. The molecule has 0 saturated carbocycles. The topological polar surface area (TPSA) is 109 Å². The zero-order valence-electron chi connectivity index (χ0n) is 15.9. The summed E-state index contributed by atoms with van der Waals surface area (Å²) in [7, 11) is 4.52. The third-order valence-electron chi connectivity index (χ3n) is 3.91. The van der Waals surface area contributed by atoms with Crippen LogP contribution >= 0.6 is 0 Å². The fraction of sp³-hybridized carbons (Fsp3) is 0.316. The average Bonchev–Trinajstić information content (AvgIpc) is 2.71. The smallest absolute Gasteiger partial charge is 0.314 e. The van der Waals surface area contributed by atoms with E-state index in [2.05, 4.69) is 5.32 Å². The van der Waals surface area contributed by atoms with Gasteiger partial charge in [-0.05, 0) is 36.2 Å². The van der Waals surface area contributed by atoms with E-state index in [-0.39, 0.29) is 24.0 Å². The summed E-state index contributed by atoms with van der Waals surface area (Å²) in [5.41, 5.74) is 0.696. The number of methoxy groups -OCH3 is 3. The van der Waals surface area contributed by atoms with Gasteiger partial charge in [0.15, 0.2) is 23.9 Å². The summed E-state index contributed by atoms with van der Waals surface area (Å²) in [5.74, 6) is 1.19. The first kappa shape index (κ1) is 20.8. The molecule has 28 heavy (non-hydrogen) atoms. The average molecular weight is 390 g/mol. The van der Waals surface area contributed by atoms with Gasteiger partial charge in [0.1, 0.15) is 5.75 Å². The van der Waals surface area contributed by atoms with Crippen LogP contribution in [0.2, 0.25) is 0 Å². The number of rotatable bonds is 10. The number of nitro benzene ring substituents is 1. The van der Waals surface area contributed by atoms with Gasteiger partial charge in [0, 0.05) is 6.54 Å². The molecule has 0 aliphatic rings. The molecule has 9 nitrogen and oxygen atoms in total. The van der Waals surface area contributed by atoms with Crippen LogP contribution < -0.4 is 24.3 Å². The van der Waals surface area contributed by atoms with Crippen molar-refractivity contribution in [3.05, 3.63) is 52.1 Å². The van der Waals surface area contributed by atoms with Crippen molar-refractivity contribution in [2.75, 3.05) is 34.5 Å². The van der Waals surface area contributed by atoms with E-state index in [0.29, 0.717) is 30.2 Å². The maximum Gasteiger partial charge on any atom is 0.314 e. The summed E-state index contributed by atoms with van der Waals surface area (Å²) < 4.78 is 20.7. The molecule has 1 amide bonds. The minimum absolute atomic E-state index is 0.000778. The Hall–Kier alpha value is -3.49. The summed E-state index contributed by atoms with van der Waals surface area (Å²) in [6.07, 6.45) is 0.578. The Balaban J connectivity index is 1.86. The van der Waals surface area contributed by atoms with Crippen LogP contribution in [0.5, 0.6) is 23.0 Å². The summed E-state index contributed by atoms with van der Waals surface area (Å²) >= 11 is 0. The van der Waals surface area contributed by atoms with Crippen molar-refractivity contribution in [2.45, 2.75) is 6.42 Å². The van der Waals surface area contributed by atoms with E-state index in [1.165, 1.54) is 25.3 Å². The number of benzene rings is 2. The van der Waals surface area contributed by atoms with Gasteiger partial charge in [0.25, 0.3) is 5.91 Å². The highest BCUT2D eigenvalue weighted by atomic mass is 16.6. The van der Waals surface area contributed by atoms with Crippen LogP contribution in [0.4, 0.5) is 5.69 Å². The van der Waals surface area contributed by atoms with Crippen LogP contribution in [-0.2, 0) is 11.2 Å². The molecule has 0 aromatic heterocycles.